The van der Waals surface area contributed by atoms with Gasteiger partial charge in [-0.05, 0) is 6.92 Å². The third kappa shape index (κ3) is 2.57. The Morgan fingerprint density at radius 2 is 2.25 bits per heavy atom. The van der Waals surface area contributed by atoms with Crippen molar-refractivity contribution < 1.29 is 4.74 Å². The first kappa shape index (κ1) is 11.5. The average molecular weight is 242 g/mol. The van der Waals surface area contributed by atoms with E-state index >= 15 is 0 Å². The Hall–Kier alpha value is -1.00. The standard InChI is InChI=1S/C11H16ClN3O/c1-2-16-10-7-9(12)8-14-11(10)15-5-3-13-4-6-15/h7-8,13H,2-6H2,1H3. The molecule has 0 aliphatic carbocycles. The molecule has 0 amide bonds. The number of rotatable bonds is 3. The van der Waals surface area contributed by atoms with E-state index in [0.717, 1.165) is 37.7 Å². The van der Waals surface area contributed by atoms with Crippen molar-refractivity contribution in [1.29, 1.82) is 0 Å². The molecule has 1 aromatic rings. The third-order valence-electron chi connectivity index (χ3n) is 2.52. The topological polar surface area (TPSA) is 37.4 Å². The summed E-state index contributed by atoms with van der Waals surface area (Å²) in [7, 11) is 0. The molecule has 0 unspecified atom stereocenters. The first-order valence-corrected chi connectivity index (χ1v) is 5.93. The lowest BCUT2D eigenvalue weighted by atomic mass is 10.3. The van der Waals surface area contributed by atoms with E-state index in [0.29, 0.717) is 11.6 Å². The molecule has 0 spiro atoms. The Morgan fingerprint density at radius 3 is 2.94 bits per heavy atom. The number of hydrogen-bond acceptors (Lipinski definition) is 4. The van der Waals surface area contributed by atoms with E-state index in [1.807, 2.05) is 13.0 Å². The highest BCUT2D eigenvalue weighted by atomic mass is 35.5. The van der Waals surface area contributed by atoms with Crippen LogP contribution in [0.2, 0.25) is 5.02 Å². The van der Waals surface area contributed by atoms with Gasteiger partial charge in [-0.1, -0.05) is 11.6 Å². The smallest absolute Gasteiger partial charge is 0.171 e. The molecule has 16 heavy (non-hydrogen) atoms. The molecular weight excluding hydrogens is 226 g/mol. The number of aromatic nitrogens is 1. The van der Waals surface area contributed by atoms with Crippen LogP contribution >= 0.6 is 11.6 Å². The number of nitrogens with one attached hydrogen (secondary N) is 1. The SMILES string of the molecule is CCOc1cc(Cl)cnc1N1CCNCC1. The third-order valence-corrected chi connectivity index (χ3v) is 2.72. The maximum absolute atomic E-state index is 5.92. The summed E-state index contributed by atoms with van der Waals surface area (Å²) in [6.45, 7) is 6.46. The van der Waals surface area contributed by atoms with Gasteiger partial charge >= 0.3 is 0 Å². The van der Waals surface area contributed by atoms with Crippen molar-refractivity contribution >= 4 is 17.4 Å². The van der Waals surface area contributed by atoms with Crippen LogP contribution in [0.4, 0.5) is 5.82 Å². The summed E-state index contributed by atoms with van der Waals surface area (Å²) in [6.07, 6.45) is 1.67. The maximum Gasteiger partial charge on any atom is 0.171 e. The zero-order chi connectivity index (χ0) is 11.4. The fourth-order valence-electron chi connectivity index (χ4n) is 1.79. The first-order chi connectivity index (χ1) is 7.81. The van der Waals surface area contributed by atoms with Gasteiger partial charge in [0.25, 0.3) is 0 Å². The van der Waals surface area contributed by atoms with Crippen LogP contribution in [0.15, 0.2) is 12.3 Å². The van der Waals surface area contributed by atoms with E-state index in [1.165, 1.54) is 0 Å². The zero-order valence-electron chi connectivity index (χ0n) is 9.37. The van der Waals surface area contributed by atoms with Crippen molar-refractivity contribution in [3.63, 3.8) is 0 Å². The van der Waals surface area contributed by atoms with Gasteiger partial charge in [-0.2, -0.15) is 0 Å². The molecule has 0 bridgehead atoms. The highest BCUT2D eigenvalue weighted by Crippen LogP contribution is 2.28. The Kier molecular flexibility index (Phi) is 3.85. The van der Waals surface area contributed by atoms with E-state index in [-0.39, 0.29) is 0 Å². The zero-order valence-corrected chi connectivity index (χ0v) is 10.1. The van der Waals surface area contributed by atoms with Crippen LogP contribution in [0, 0.1) is 0 Å². The van der Waals surface area contributed by atoms with Gasteiger partial charge < -0.3 is 15.0 Å². The Labute approximate surface area is 101 Å². The summed E-state index contributed by atoms with van der Waals surface area (Å²) in [4.78, 5) is 6.58. The van der Waals surface area contributed by atoms with E-state index < -0.39 is 0 Å². The van der Waals surface area contributed by atoms with Crippen molar-refractivity contribution in [3.05, 3.63) is 17.3 Å². The lowest BCUT2D eigenvalue weighted by Gasteiger charge is -2.29. The summed E-state index contributed by atoms with van der Waals surface area (Å²) in [5, 5.41) is 3.92. The van der Waals surface area contributed by atoms with Gasteiger partial charge in [0, 0.05) is 38.4 Å². The summed E-state index contributed by atoms with van der Waals surface area (Å²) in [5.41, 5.74) is 0. The van der Waals surface area contributed by atoms with Crippen molar-refractivity contribution in [2.24, 2.45) is 0 Å². The highest BCUT2D eigenvalue weighted by Gasteiger charge is 2.16. The van der Waals surface area contributed by atoms with E-state index in [1.54, 1.807) is 6.20 Å². The second kappa shape index (κ2) is 5.37. The molecule has 4 nitrogen and oxygen atoms in total. The minimum atomic E-state index is 0.613. The van der Waals surface area contributed by atoms with Crippen LogP contribution in [0.5, 0.6) is 5.75 Å². The molecule has 2 rings (SSSR count). The number of piperazine rings is 1. The molecule has 0 radical (unpaired) electrons. The second-order valence-electron chi connectivity index (χ2n) is 3.65. The van der Waals surface area contributed by atoms with Crippen LogP contribution in [0.3, 0.4) is 0 Å². The molecule has 1 N–H and O–H groups in total. The largest absolute Gasteiger partial charge is 0.490 e. The highest BCUT2D eigenvalue weighted by molar-refractivity contribution is 6.30. The fourth-order valence-corrected chi connectivity index (χ4v) is 1.94. The molecule has 1 aliphatic heterocycles. The normalized spacial score (nSPS) is 16.2. The van der Waals surface area contributed by atoms with Crippen LogP contribution in [0.25, 0.3) is 0 Å². The van der Waals surface area contributed by atoms with Crippen molar-refractivity contribution in [2.45, 2.75) is 6.92 Å². The summed E-state index contributed by atoms with van der Waals surface area (Å²) < 4.78 is 5.56. The van der Waals surface area contributed by atoms with Gasteiger partial charge in [-0.25, -0.2) is 4.98 Å². The van der Waals surface area contributed by atoms with Crippen LogP contribution < -0.4 is 15.0 Å². The number of anilines is 1. The number of hydrogen-bond donors (Lipinski definition) is 1. The number of ether oxygens (including phenoxy) is 1. The van der Waals surface area contributed by atoms with Gasteiger partial charge in [0.2, 0.25) is 0 Å². The molecule has 5 heteroatoms. The van der Waals surface area contributed by atoms with E-state index in [4.69, 9.17) is 16.3 Å². The number of pyridine rings is 1. The average Bonchev–Trinajstić information content (AvgIpc) is 2.31. The minimum Gasteiger partial charge on any atom is -0.490 e. The molecule has 2 heterocycles. The van der Waals surface area contributed by atoms with Crippen LogP contribution in [0.1, 0.15) is 6.92 Å². The molecule has 1 aliphatic rings. The molecule has 0 atom stereocenters. The Morgan fingerprint density at radius 1 is 1.50 bits per heavy atom. The number of nitrogens with zero attached hydrogens (tertiary/aromatic N) is 2. The van der Waals surface area contributed by atoms with Crippen LogP contribution in [-0.4, -0.2) is 37.8 Å². The predicted molar refractivity (Wildman–Crippen MR) is 65.5 cm³/mol. The fraction of sp³-hybridized carbons (Fsp3) is 0.545. The van der Waals surface area contributed by atoms with Crippen molar-refractivity contribution in [3.8, 4) is 5.75 Å². The van der Waals surface area contributed by atoms with Gasteiger partial charge in [-0.3, -0.25) is 0 Å². The monoisotopic (exact) mass is 241 g/mol. The lowest BCUT2D eigenvalue weighted by Crippen LogP contribution is -2.44. The molecule has 0 aromatic carbocycles. The molecule has 1 aromatic heterocycles. The minimum absolute atomic E-state index is 0.613. The Bertz CT molecular complexity index is 353. The Balaban J connectivity index is 2.23. The molecule has 1 fully saturated rings. The second-order valence-corrected chi connectivity index (χ2v) is 4.08. The maximum atomic E-state index is 5.92. The quantitative estimate of drug-likeness (QED) is 0.871. The van der Waals surface area contributed by atoms with Gasteiger partial charge in [0.05, 0.1) is 11.6 Å². The van der Waals surface area contributed by atoms with Crippen LogP contribution in [-0.2, 0) is 0 Å². The predicted octanol–water partition coefficient (Wildman–Crippen LogP) is 1.54. The van der Waals surface area contributed by atoms with Gasteiger partial charge in [-0.15, -0.1) is 0 Å². The summed E-state index contributed by atoms with van der Waals surface area (Å²) >= 11 is 5.92. The number of halogens is 1. The van der Waals surface area contributed by atoms with Gasteiger partial charge in [0.1, 0.15) is 0 Å². The summed E-state index contributed by atoms with van der Waals surface area (Å²) in [5.74, 6) is 1.67. The summed E-state index contributed by atoms with van der Waals surface area (Å²) in [6, 6.07) is 1.83. The van der Waals surface area contributed by atoms with E-state index in [9.17, 15) is 0 Å². The molecular formula is C11H16ClN3O. The van der Waals surface area contributed by atoms with Gasteiger partial charge in [0.15, 0.2) is 11.6 Å². The lowest BCUT2D eigenvalue weighted by molar-refractivity contribution is 0.338. The molecule has 88 valence electrons. The van der Waals surface area contributed by atoms with Crippen molar-refractivity contribution in [1.82, 2.24) is 10.3 Å². The molecule has 1 saturated heterocycles. The molecule has 0 saturated carbocycles. The first-order valence-electron chi connectivity index (χ1n) is 5.55. The van der Waals surface area contributed by atoms with Crippen molar-refractivity contribution in [2.75, 3.05) is 37.7 Å². The van der Waals surface area contributed by atoms with E-state index in [2.05, 4.69) is 15.2 Å².